The monoisotopic (exact) mass is 419 g/mol. The Bertz CT molecular complexity index is 1250. The van der Waals surface area contributed by atoms with Crippen LogP contribution in [0.2, 0.25) is 0 Å². The Morgan fingerprint density at radius 2 is 1.84 bits per heavy atom. The summed E-state index contributed by atoms with van der Waals surface area (Å²) in [7, 11) is 0. The van der Waals surface area contributed by atoms with E-state index in [4.69, 9.17) is 9.15 Å². The highest BCUT2D eigenvalue weighted by Gasteiger charge is 2.33. The first-order chi connectivity index (χ1) is 15.2. The Morgan fingerprint density at radius 3 is 2.68 bits per heavy atom. The minimum Gasteiger partial charge on any atom is -0.408 e. The first kappa shape index (κ1) is 19.3. The van der Waals surface area contributed by atoms with Gasteiger partial charge in [0, 0.05) is 13.1 Å². The molecule has 2 aromatic carbocycles. The minimum atomic E-state index is -0.525. The molecule has 1 fully saturated rings. The van der Waals surface area contributed by atoms with E-state index >= 15 is 0 Å². The van der Waals surface area contributed by atoms with Crippen LogP contribution in [0.15, 0.2) is 70.0 Å². The highest BCUT2D eigenvalue weighted by atomic mass is 16.5. The number of aromatic nitrogens is 4. The van der Waals surface area contributed by atoms with Crippen molar-refractivity contribution < 1.29 is 13.9 Å². The van der Waals surface area contributed by atoms with Crippen molar-refractivity contribution in [1.29, 1.82) is 0 Å². The fourth-order valence-corrected chi connectivity index (χ4v) is 3.63. The summed E-state index contributed by atoms with van der Waals surface area (Å²) >= 11 is 0. The smallest absolute Gasteiger partial charge is 0.408 e. The van der Waals surface area contributed by atoms with E-state index in [0.717, 1.165) is 11.3 Å². The van der Waals surface area contributed by atoms with Gasteiger partial charge in [-0.3, -0.25) is 9.36 Å². The quantitative estimate of drug-likeness (QED) is 0.455. The van der Waals surface area contributed by atoms with Crippen LogP contribution in [0.5, 0.6) is 0 Å². The molecule has 1 saturated heterocycles. The lowest BCUT2D eigenvalue weighted by Crippen LogP contribution is -2.52. The average molecular weight is 419 g/mol. The number of hydrogen-bond donors (Lipinski definition) is 0. The van der Waals surface area contributed by atoms with Gasteiger partial charge in [0.05, 0.1) is 31.0 Å². The molecule has 2 aromatic heterocycles. The zero-order chi connectivity index (χ0) is 21.2. The maximum Gasteiger partial charge on any atom is 0.420 e. The number of rotatable bonds is 7. The van der Waals surface area contributed by atoms with Gasteiger partial charge in [-0.1, -0.05) is 47.7 Å². The molecule has 0 spiro atoms. The van der Waals surface area contributed by atoms with Crippen LogP contribution in [0, 0.1) is 0 Å². The molecule has 0 radical (unpaired) electrons. The Hall–Kier alpha value is -3.72. The summed E-state index contributed by atoms with van der Waals surface area (Å²) in [4.78, 5) is 26.4. The Kier molecular flexibility index (Phi) is 5.09. The van der Waals surface area contributed by atoms with E-state index in [2.05, 4.69) is 10.3 Å². The van der Waals surface area contributed by atoms with Gasteiger partial charge in [-0.05, 0) is 17.7 Å². The third-order valence-corrected chi connectivity index (χ3v) is 5.38. The van der Waals surface area contributed by atoms with E-state index < -0.39 is 5.76 Å². The Morgan fingerprint density at radius 1 is 1.06 bits per heavy atom. The van der Waals surface area contributed by atoms with Crippen molar-refractivity contribution in [3.63, 3.8) is 0 Å². The number of likely N-dealkylation sites (tertiary alicyclic amines) is 1. The first-order valence-corrected chi connectivity index (χ1v) is 10.1. The molecule has 1 aliphatic heterocycles. The second-order valence-electron chi connectivity index (χ2n) is 7.54. The van der Waals surface area contributed by atoms with Crippen LogP contribution in [0.25, 0.3) is 11.1 Å². The topological polar surface area (TPSA) is 95.4 Å². The SMILES string of the molecule is O=C(Cn1c(=O)oc2ccccc21)N1CC(n2cc(COCc3ccccc3)nn2)C1. The number of oxazole rings is 1. The average Bonchev–Trinajstić information content (AvgIpc) is 3.32. The number of carbonyl (C=O) groups excluding carboxylic acids is 1. The molecule has 0 N–H and O–H groups in total. The molecule has 0 saturated carbocycles. The van der Waals surface area contributed by atoms with E-state index in [1.165, 1.54) is 4.57 Å². The predicted octanol–water partition coefficient (Wildman–Crippen LogP) is 1.99. The number of carbonyl (C=O) groups is 1. The number of benzene rings is 2. The highest BCUT2D eigenvalue weighted by molar-refractivity contribution is 5.80. The van der Waals surface area contributed by atoms with Gasteiger partial charge in [-0.15, -0.1) is 5.10 Å². The summed E-state index contributed by atoms with van der Waals surface area (Å²) in [6.45, 7) is 1.90. The van der Waals surface area contributed by atoms with Crippen molar-refractivity contribution in [1.82, 2.24) is 24.5 Å². The second-order valence-corrected chi connectivity index (χ2v) is 7.54. The second kappa shape index (κ2) is 8.19. The maximum atomic E-state index is 12.6. The van der Waals surface area contributed by atoms with E-state index in [-0.39, 0.29) is 18.5 Å². The van der Waals surface area contributed by atoms with Gasteiger partial charge in [-0.25, -0.2) is 9.48 Å². The molecule has 0 bridgehead atoms. The molecule has 0 atom stereocenters. The van der Waals surface area contributed by atoms with E-state index in [1.807, 2.05) is 42.6 Å². The van der Waals surface area contributed by atoms with Crippen LogP contribution >= 0.6 is 0 Å². The van der Waals surface area contributed by atoms with Crippen LogP contribution in [-0.2, 0) is 29.3 Å². The summed E-state index contributed by atoms with van der Waals surface area (Å²) in [6, 6.07) is 17.1. The predicted molar refractivity (Wildman–Crippen MR) is 111 cm³/mol. The zero-order valence-corrected chi connectivity index (χ0v) is 16.8. The third kappa shape index (κ3) is 3.99. The number of fused-ring (bicyclic) bond motifs is 1. The fraction of sp³-hybridized carbons (Fsp3) is 0.273. The first-order valence-electron chi connectivity index (χ1n) is 10.1. The van der Waals surface area contributed by atoms with Crippen LogP contribution in [0.3, 0.4) is 0 Å². The Labute approximate surface area is 177 Å². The van der Waals surface area contributed by atoms with Crippen LogP contribution < -0.4 is 5.76 Å². The summed E-state index contributed by atoms with van der Waals surface area (Å²) in [5, 5.41) is 8.32. The van der Waals surface area contributed by atoms with Crippen molar-refractivity contribution in [2.75, 3.05) is 13.1 Å². The van der Waals surface area contributed by atoms with Gasteiger partial charge >= 0.3 is 5.76 Å². The molecule has 0 aliphatic carbocycles. The molecule has 31 heavy (non-hydrogen) atoms. The lowest BCUT2D eigenvalue weighted by atomic mass is 10.1. The Balaban J connectivity index is 1.13. The molecule has 4 aromatic rings. The third-order valence-electron chi connectivity index (χ3n) is 5.38. The molecule has 9 nitrogen and oxygen atoms in total. The molecule has 1 amide bonds. The number of hydrogen-bond acceptors (Lipinski definition) is 6. The standard InChI is InChI=1S/C22H21N5O4/c28-21(13-26-19-8-4-5-9-20(19)31-22(26)29)25-11-18(12-25)27-10-17(23-24-27)15-30-14-16-6-2-1-3-7-16/h1-10,18H,11-15H2. The van der Waals surface area contributed by atoms with Gasteiger partial charge in [-0.2, -0.15) is 0 Å². The zero-order valence-electron chi connectivity index (χ0n) is 16.8. The van der Waals surface area contributed by atoms with Crippen LogP contribution in [0.1, 0.15) is 17.3 Å². The molecule has 5 rings (SSSR count). The van der Waals surface area contributed by atoms with Crippen molar-refractivity contribution in [3.05, 3.63) is 82.6 Å². The highest BCUT2D eigenvalue weighted by Crippen LogP contribution is 2.21. The number of para-hydroxylation sites is 2. The summed E-state index contributed by atoms with van der Waals surface area (Å²) in [6.07, 6.45) is 1.85. The molecule has 1 aliphatic rings. The van der Waals surface area contributed by atoms with Gasteiger partial charge < -0.3 is 14.1 Å². The fourth-order valence-electron chi connectivity index (χ4n) is 3.63. The van der Waals surface area contributed by atoms with Crippen molar-refractivity contribution in [2.24, 2.45) is 0 Å². The molecule has 0 unspecified atom stereocenters. The minimum absolute atomic E-state index is 0.0432. The summed E-state index contributed by atoms with van der Waals surface area (Å²) in [5.41, 5.74) is 2.95. The maximum absolute atomic E-state index is 12.6. The van der Waals surface area contributed by atoms with Gasteiger partial charge in [0.25, 0.3) is 0 Å². The summed E-state index contributed by atoms with van der Waals surface area (Å²) in [5.74, 6) is -0.653. The van der Waals surface area contributed by atoms with Crippen LogP contribution in [-0.4, -0.2) is 43.5 Å². The normalized spacial score (nSPS) is 14.1. The van der Waals surface area contributed by atoms with Crippen LogP contribution in [0.4, 0.5) is 0 Å². The number of ether oxygens (including phenoxy) is 1. The van der Waals surface area contributed by atoms with E-state index in [0.29, 0.717) is 37.4 Å². The lowest BCUT2D eigenvalue weighted by Gasteiger charge is -2.38. The van der Waals surface area contributed by atoms with Crippen molar-refractivity contribution >= 4 is 17.0 Å². The van der Waals surface area contributed by atoms with E-state index in [9.17, 15) is 9.59 Å². The van der Waals surface area contributed by atoms with Crippen molar-refractivity contribution in [3.8, 4) is 0 Å². The molecule has 3 heterocycles. The summed E-state index contributed by atoms with van der Waals surface area (Å²) < 4.78 is 14.0. The molecular weight excluding hydrogens is 398 g/mol. The van der Waals surface area contributed by atoms with E-state index in [1.54, 1.807) is 27.8 Å². The van der Waals surface area contributed by atoms with Gasteiger partial charge in [0.1, 0.15) is 12.2 Å². The van der Waals surface area contributed by atoms with Gasteiger partial charge in [0.15, 0.2) is 5.58 Å². The lowest BCUT2D eigenvalue weighted by molar-refractivity contribution is -0.137. The molecule has 9 heteroatoms. The van der Waals surface area contributed by atoms with Gasteiger partial charge in [0.2, 0.25) is 5.91 Å². The molecule has 158 valence electrons. The van der Waals surface area contributed by atoms with Crippen molar-refractivity contribution in [2.45, 2.75) is 25.8 Å². The largest absolute Gasteiger partial charge is 0.420 e. The molecular formula is C22H21N5O4. The number of nitrogens with zero attached hydrogens (tertiary/aromatic N) is 5. The number of amides is 1.